The molecule has 0 heteroatoms. The van der Waals surface area contributed by atoms with Crippen LogP contribution < -0.4 is 0 Å². The van der Waals surface area contributed by atoms with Gasteiger partial charge < -0.3 is 0 Å². The van der Waals surface area contributed by atoms with Crippen LogP contribution in [0.5, 0.6) is 0 Å². The fraction of sp³-hybridized carbons (Fsp3) is 0.818. The molecule has 0 unspecified atom stereocenters. The molecule has 0 rings (SSSR count). The average molecular weight is 156 g/mol. The Kier molecular flexibility index (Phi) is 14.7. The minimum Gasteiger partial charge on any atom is -0.124 e. The van der Waals surface area contributed by atoms with E-state index in [-0.39, 0.29) is 7.43 Å². The lowest BCUT2D eigenvalue weighted by molar-refractivity contribution is 0.286. The van der Waals surface area contributed by atoms with Gasteiger partial charge in [0.2, 0.25) is 0 Å². The lowest BCUT2D eigenvalue weighted by atomic mass is 9.82. The summed E-state index contributed by atoms with van der Waals surface area (Å²) < 4.78 is 0. The topological polar surface area (TPSA) is 0 Å². The molecule has 0 saturated heterocycles. The van der Waals surface area contributed by atoms with E-state index in [0.717, 1.165) is 0 Å². The lowest BCUT2D eigenvalue weighted by Gasteiger charge is -2.23. The first kappa shape index (κ1) is 16.9. The fourth-order valence-electron chi connectivity index (χ4n) is 0.750. The zero-order valence-electron chi connectivity index (χ0n) is 7.78. The van der Waals surface area contributed by atoms with Crippen molar-refractivity contribution in [2.24, 2.45) is 5.41 Å². The molecule has 0 saturated carbocycles. The third kappa shape index (κ3) is 7.46. The largest absolute Gasteiger partial charge is 0.124 e. The van der Waals surface area contributed by atoms with Gasteiger partial charge in [0.1, 0.15) is 0 Å². The first-order valence-corrected chi connectivity index (χ1v) is 4.02. The molecule has 68 valence electrons. The predicted octanol–water partition coefficient (Wildman–Crippen LogP) is 4.11. The lowest BCUT2D eigenvalue weighted by Crippen LogP contribution is -2.10. The Bertz CT molecular complexity index is 67.0. The second kappa shape index (κ2) is 9.56. The van der Waals surface area contributed by atoms with Crippen molar-refractivity contribution in [3.8, 4) is 12.8 Å². The average Bonchev–Trinajstić information content (AvgIpc) is 2.07. The molecule has 0 radical (unpaired) electrons. The third-order valence-corrected chi connectivity index (χ3v) is 2.56. The monoisotopic (exact) mass is 156 g/mol. The summed E-state index contributed by atoms with van der Waals surface area (Å²) in [6, 6.07) is 0. The van der Waals surface area contributed by atoms with E-state index in [9.17, 15) is 0 Å². The van der Waals surface area contributed by atoms with E-state index in [4.69, 9.17) is 0 Å². The molecule has 0 N–H and O–H groups in total. The van der Waals surface area contributed by atoms with Gasteiger partial charge in [-0.15, -0.1) is 12.8 Å². The van der Waals surface area contributed by atoms with Crippen LogP contribution >= 0.6 is 0 Å². The van der Waals surface area contributed by atoms with E-state index < -0.39 is 0 Å². The van der Waals surface area contributed by atoms with Crippen LogP contribution in [0.25, 0.3) is 0 Å². The van der Waals surface area contributed by atoms with Gasteiger partial charge in [-0.25, -0.2) is 0 Å². The van der Waals surface area contributed by atoms with Crippen molar-refractivity contribution in [3.05, 3.63) is 0 Å². The molecule has 0 fully saturated rings. The summed E-state index contributed by atoms with van der Waals surface area (Å²) in [6.07, 6.45) is 12.0. The van der Waals surface area contributed by atoms with Crippen LogP contribution in [0.3, 0.4) is 0 Å². The maximum Gasteiger partial charge on any atom is -0.0334 e. The molecule has 0 aliphatic heterocycles. The maximum atomic E-state index is 4.00. The molecule has 0 amide bonds. The van der Waals surface area contributed by atoms with Crippen LogP contribution in [0.1, 0.15) is 54.4 Å². The van der Waals surface area contributed by atoms with Gasteiger partial charge in [0, 0.05) is 0 Å². The van der Waals surface area contributed by atoms with Crippen LogP contribution in [0, 0.1) is 18.3 Å². The Morgan fingerprint density at radius 1 is 0.909 bits per heavy atom. The molecule has 0 heterocycles. The molecular formula is C11H24. The van der Waals surface area contributed by atoms with Gasteiger partial charge >= 0.3 is 0 Å². The minimum atomic E-state index is 0. The second-order valence-electron chi connectivity index (χ2n) is 2.87. The molecule has 0 spiro atoms. The van der Waals surface area contributed by atoms with Crippen molar-refractivity contribution in [2.45, 2.75) is 54.4 Å². The number of terminal acetylenes is 1. The Labute approximate surface area is 73.4 Å². The van der Waals surface area contributed by atoms with E-state index >= 15 is 0 Å². The predicted molar refractivity (Wildman–Crippen MR) is 55.6 cm³/mol. The Morgan fingerprint density at radius 3 is 1.09 bits per heavy atom. The van der Waals surface area contributed by atoms with E-state index in [1.807, 2.05) is 0 Å². The standard InChI is InChI=1S/C8H18.C2H2.CH4/c1-5-8(4,6-2)7-3;1-2;/h5-7H2,1-4H3;1-2H;1H4. The SMILES string of the molecule is C.C#C.CCC(C)(CC)CC. The quantitative estimate of drug-likeness (QED) is 0.539. The smallest absolute Gasteiger partial charge is 0.0334 e. The van der Waals surface area contributed by atoms with Crippen molar-refractivity contribution in [3.63, 3.8) is 0 Å². The first-order chi connectivity index (χ1) is 4.68. The van der Waals surface area contributed by atoms with E-state index in [1.54, 1.807) is 0 Å². The van der Waals surface area contributed by atoms with Crippen molar-refractivity contribution in [2.75, 3.05) is 0 Å². The second-order valence-corrected chi connectivity index (χ2v) is 2.87. The number of hydrogen-bond acceptors (Lipinski definition) is 0. The summed E-state index contributed by atoms with van der Waals surface area (Å²) in [4.78, 5) is 0. The van der Waals surface area contributed by atoms with Gasteiger partial charge in [0.25, 0.3) is 0 Å². The van der Waals surface area contributed by atoms with Gasteiger partial charge in [0.15, 0.2) is 0 Å². The first-order valence-electron chi connectivity index (χ1n) is 4.02. The Hall–Kier alpha value is -0.440. The number of rotatable bonds is 3. The zero-order chi connectivity index (χ0) is 8.62. The van der Waals surface area contributed by atoms with Gasteiger partial charge in [-0.3, -0.25) is 0 Å². The van der Waals surface area contributed by atoms with Crippen molar-refractivity contribution >= 4 is 0 Å². The molecule has 0 aromatic heterocycles. The minimum absolute atomic E-state index is 0. The van der Waals surface area contributed by atoms with Crippen molar-refractivity contribution in [1.29, 1.82) is 0 Å². The van der Waals surface area contributed by atoms with Gasteiger partial charge in [-0.1, -0.05) is 54.4 Å². The highest BCUT2D eigenvalue weighted by Gasteiger charge is 2.15. The summed E-state index contributed by atoms with van der Waals surface area (Å²) in [7, 11) is 0. The highest BCUT2D eigenvalue weighted by atomic mass is 14.2. The van der Waals surface area contributed by atoms with Gasteiger partial charge in [-0.2, -0.15) is 0 Å². The third-order valence-electron chi connectivity index (χ3n) is 2.56. The maximum absolute atomic E-state index is 4.00. The normalized spacial score (nSPS) is 8.91. The molecular weight excluding hydrogens is 132 g/mol. The summed E-state index contributed by atoms with van der Waals surface area (Å²) in [5, 5.41) is 0. The highest BCUT2D eigenvalue weighted by Crippen LogP contribution is 2.28. The van der Waals surface area contributed by atoms with Crippen molar-refractivity contribution in [1.82, 2.24) is 0 Å². The summed E-state index contributed by atoms with van der Waals surface area (Å²) >= 11 is 0. The molecule has 0 atom stereocenters. The van der Waals surface area contributed by atoms with E-state index in [1.165, 1.54) is 19.3 Å². The molecule has 11 heavy (non-hydrogen) atoms. The van der Waals surface area contributed by atoms with Crippen LogP contribution in [0.15, 0.2) is 0 Å². The van der Waals surface area contributed by atoms with Crippen LogP contribution in [0.2, 0.25) is 0 Å². The molecule has 0 nitrogen and oxygen atoms in total. The summed E-state index contributed by atoms with van der Waals surface area (Å²) in [6.45, 7) is 9.17. The summed E-state index contributed by atoms with van der Waals surface area (Å²) in [5.41, 5.74) is 0.625. The zero-order valence-corrected chi connectivity index (χ0v) is 7.78. The van der Waals surface area contributed by atoms with Gasteiger partial charge in [0.05, 0.1) is 0 Å². The summed E-state index contributed by atoms with van der Waals surface area (Å²) in [5.74, 6) is 0. The van der Waals surface area contributed by atoms with Crippen LogP contribution in [0.4, 0.5) is 0 Å². The number of hydrogen-bond donors (Lipinski definition) is 0. The molecule has 0 bridgehead atoms. The Balaban J connectivity index is -0.000000196. The van der Waals surface area contributed by atoms with Crippen LogP contribution in [-0.2, 0) is 0 Å². The fourth-order valence-corrected chi connectivity index (χ4v) is 0.750. The molecule has 0 aromatic rings. The van der Waals surface area contributed by atoms with E-state index in [0.29, 0.717) is 5.41 Å². The van der Waals surface area contributed by atoms with Crippen LogP contribution in [-0.4, -0.2) is 0 Å². The molecule has 0 aliphatic rings. The Morgan fingerprint density at radius 2 is 1.09 bits per heavy atom. The van der Waals surface area contributed by atoms with E-state index in [2.05, 4.69) is 40.5 Å². The highest BCUT2D eigenvalue weighted by molar-refractivity contribution is 4.67. The van der Waals surface area contributed by atoms with Crippen molar-refractivity contribution < 1.29 is 0 Å². The molecule has 0 aliphatic carbocycles. The molecule has 0 aromatic carbocycles. The van der Waals surface area contributed by atoms with Gasteiger partial charge in [-0.05, 0) is 5.41 Å².